The van der Waals surface area contributed by atoms with Gasteiger partial charge in [0.15, 0.2) is 0 Å². The summed E-state index contributed by atoms with van der Waals surface area (Å²) in [6, 6.07) is 0. The van der Waals surface area contributed by atoms with Crippen LogP contribution < -0.4 is 0 Å². The van der Waals surface area contributed by atoms with Crippen LogP contribution >= 0.6 is 0 Å². The predicted octanol–water partition coefficient (Wildman–Crippen LogP) is 1.37. The van der Waals surface area contributed by atoms with Gasteiger partial charge < -0.3 is 5.11 Å². The molecule has 74 valence electrons. The van der Waals surface area contributed by atoms with E-state index < -0.39 is 18.2 Å². The second-order valence-electron chi connectivity index (χ2n) is 3.71. The normalized spacial score (nSPS) is 37.3. The van der Waals surface area contributed by atoms with Crippen LogP contribution in [0, 0.1) is 0 Å². The van der Waals surface area contributed by atoms with Gasteiger partial charge in [0.1, 0.15) is 0 Å². The van der Waals surface area contributed by atoms with E-state index in [2.05, 4.69) is 0 Å². The molecule has 0 spiro atoms. The van der Waals surface area contributed by atoms with Gasteiger partial charge in [0.05, 0.1) is 9.30 Å². The molecule has 13 heavy (non-hydrogen) atoms. The maximum absolute atomic E-state index is 12.5. The lowest BCUT2D eigenvalue weighted by molar-refractivity contribution is 0.0999. The summed E-state index contributed by atoms with van der Waals surface area (Å²) in [4.78, 5) is 1.64. The zero-order valence-electron chi connectivity index (χ0n) is 9.19. The van der Waals surface area contributed by atoms with E-state index in [1.54, 1.807) is 4.90 Å². The van der Waals surface area contributed by atoms with E-state index in [0.717, 1.165) is 6.42 Å². The molecule has 2 aliphatic rings. The third kappa shape index (κ3) is 1.28. The van der Waals surface area contributed by atoms with Crippen molar-refractivity contribution in [3.63, 3.8) is 0 Å². The van der Waals surface area contributed by atoms with Gasteiger partial charge >= 0.3 is 0 Å². The number of nitrogens with zero attached hydrogens (tertiary/aromatic N) is 1. The summed E-state index contributed by atoms with van der Waals surface area (Å²) in [6.45, 7) is -1.75. The van der Waals surface area contributed by atoms with Crippen LogP contribution in [-0.4, -0.2) is 35.2 Å². The Hall–Kier alpha value is -0.480. The first-order chi connectivity index (χ1) is 6.87. The van der Waals surface area contributed by atoms with E-state index in [0.29, 0.717) is 13.0 Å². The highest BCUT2D eigenvalue weighted by Gasteiger charge is 2.46. The third-order valence-corrected chi connectivity index (χ3v) is 2.99. The lowest BCUT2D eigenvalue weighted by Gasteiger charge is -2.28. The van der Waals surface area contributed by atoms with Gasteiger partial charge in [-0.1, -0.05) is 0 Å². The van der Waals surface area contributed by atoms with Crippen LogP contribution in [0.25, 0.3) is 0 Å². The monoisotopic (exact) mass is 191 g/mol. The first-order valence-corrected chi connectivity index (χ1v) is 4.37. The standard InChI is InChI=1S/C9H13F2NO/c10-8(11)7-4-9(6-13)2-1-3-12(9)5-7/h13H,1-6H2/i6D2. The molecule has 2 aliphatic heterocycles. The zero-order chi connectivity index (χ0) is 11.3. The number of halogens is 2. The smallest absolute Gasteiger partial charge is 0.270 e. The summed E-state index contributed by atoms with van der Waals surface area (Å²) in [7, 11) is 0. The third-order valence-electron chi connectivity index (χ3n) is 2.99. The van der Waals surface area contributed by atoms with Crippen molar-refractivity contribution in [2.75, 3.05) is 19.6 Å². The topological polar surface area (TPSA) is 23.5 Å². The maximum atomic E-state index is 12.5. The van der Waals surface area contributed by atoms with Crippen molar-refractivity contribution in [2.45, 2.75) is 24.8 Å². The van der Waals surface area contributed by atoms with Gasteiger partial charge in [-0.2, -0.15) is 8.78 Å². The fraction of sp³-hybridized carbons (Fsp3) is 0.778. The molecule has 0 aliphatic carbocycles. The molecule has 2 rings (SSSR count). The molecule has 0 aromatic heterocycles. The molecule has 0 saturated carbocycles. The minimum absolute atomic E-state index is 0.0346. The molecule has 4 heteroatoms. The molecule has 2 heterocycles. The zero-order valence-corrected chi connectivity index (χ0v) is 7.19. The molecule has 1 N–H and O–H groups in total. The van der Waals surface area contributed by atoms with Gasteiger partial charge in [-0.15, -0.1) is 0 Å². The van der Waals surface area contributed by atoms with Crippen LogP contribution in [-0.2, 0) is 0 Å². The summed E-state index contributed by atoms with van der Waals surface area (Å²) in [5, 5.41) is 9.50. The lowest BCUT2D eigenvalue weighted by atomic mass is 9.94. The Morgan fingerprint density at radius 1 is 1.69 bits per heavy atom. The van der Waals surface area contributed by atoms with Crippen molar-refractivity contribution in [2.24, 2.45) is 0 Å². The summed E-state index contributed by atoms with van der Waals surface area (Å²) in [5.74, 6) is 0. The SMILES string of the molecule is [2H]C([2H])(O)C12CCCN1CC(=C(F)F)C2. The Kier molecular flexibility index (Phi) is 1.61. The number of fused-ring (bicyclic) bond motifs is 1. The van der Waals surface area contributed by atoms with E-state index in [1.165, 1.54) is 0 Å². The molecule has 0 aromatic carbocycles. The van der Waals surface area contributed by atoms with Crippen molar-refractivity contribution in [3.8, 4) is 0 Å². The summed E-state index contributed by atoms with van der Waals surface area (Å²) >= 11 is 0. The molecular weight excluding hydrogens is 176 g/mol. The first-order valence-electron chi connectivity index (χ1n) is 5.37. The molecule has 2 saturated heterocycles. The molecule has 0 bridgehead atoms. The van der Waals surface area contributed by atoms with Crippen molar-refractivity contribution in [1.29, 1.82) is 0 Å². The van der Waals surface area contributed by atoms with E-state index in [-0.39, 0.29) is 18.5 Å². The Balaban J connectivity index is 2.35. The minimum atomic E-state index is -2.42. The quantitative estimate of drug-likeness (QED) is 0.676. The van der Waals surface area contributed by atoms with Gasteiger partial charge in [-0.3, -0.25) is 4.90 Å². The Morgan fingerprint density at radius 3 is 3.00 bits per heavy atom. The fourth-order valence-electron chi connectivity index (χ4n) is 2.30. The molecule has 0 amide bonds. The van der Waals surface area contributed by atoms with Gasteiger partial charge in [-0.05, 0) is 25.8 Å². The average Bonchev–Trinajstić information content (AvgIpc) is 2.55. The number of hydrogen-bond acceptors (Lipinski definition) is 2. The molecule has 2 fully saturated rings. The highest BCUT2D eigenvalue weighted by Crippen LogP contribution is 2.42. The molecule has 1 atom stereocenters. The van der Waals surface area contributed by atoms with E-state index in [9.17, 15) is 13.9 Å². The second kappa shape index (κ2) is 3.03. The van der Waals surface area contributed by atoms with Crippen molar-refractivity contribution in [3.05, 3.63) is 11.7 Å². The lowest BCUT2D eigenvalue weighted by Crippen LogP contribution is -2.41. The largest absolute Gasteiger partial charge is 0.394 e. The number of rotatable bonds is 1. The van der Waals surface area contributed by atoms with Crippen LogP contribution in [0.5, 0.6) is 0 Å². The number of aliphatic hydroxyl groups is 1. The highest BCUT2D eigenvalue weighted by molar-refractivity contribution is 5.20. The Bertz CT molecular complexity index is 312. The Labute approximate surface area is 78.7 Å². The first kappa shape index (κ1) is 6.90. The fourth-order valence-corrected chi connectivity index (χ4v) is 2.30. The molecule has 1 unspecified atom stereocenters. The maximum Gasteiger partial charge on any atom is 0.270 e. The van der Waals surface area contributed by atoms with E-state index in [4.69, 9.17) is 2.74 Å². The summed E-state index contributed by atoms with van der Waals surface area (Å²) < 4.78 is 39.7. The van der Waals surface area contributed by atoms with Crippen molar-refractivity contribution in [1.82, 2.24) is 4.90 Å². The van der Waals surface area contributed by atoms with Crippen LogP contribution in [0.1, 0.15) is 22.0 Å². The second-order valence-corrected chi connectivity index (χ2v) is 3.71. The average molecular weight is 191 g/mol. The van der Waals surface area contributed by atoms with Crippen LogP contribution in [0.3, 0.4) is 0 Å². The van der Waals surface area contributed by atoms with Gasteiger partial charge in [0, 0.05) is 17.7 Å². The van der Waals surface area contributed by atoms with E-state index in [1.807, 2.05) is 0 Å². The van der Waals surface area contributed by atoms with Crippen LogP contribution in [0.15, 0.2) is 11.7 Å². The van der Waals surface area contributed by atoms with Crippen molar-refractivity contribution >= 4 is 0 Å². The van der Waals surface area contributed by atoms with E-state index >= 15 is 0 Å². The summed E-state index contributed by atoms with van der Waals surface area (Å²) in [6.07, 6.45) is -0.596. The molecule has 0 aromatic rings. The summed E-state index contributed by atoms with van der Waals surface area (Å²) in [5.41, 5.74) is -1.15. The molecule has 0 radical (unpaired) electrons. The molecular formula is C9H13F2NO. The minimum Gasteiger partial charge on any atom is -0.394 e. The Morgan fingerprint density at radius 2 is 2.46 bits per heavy atom. The van der Waals surface area contributed by atoms with Gasteiger partial charge in [-0.25, -0.2) is 0 Å². The molecule has 2 nitrogen and oxygen atoms in total. The predicted molar refractivity (Wildman–Crippen MR) is 44.5 cm³/mol. The highest BCUT2D eigenvalue weighted by atomic mass is 19.3. The number of hydrogen-bond donors (Lipinski definition) is 1. The van der Waals surface area contributed by atoms with Crippen LogP contribution in [0.4, 0.5) is 8.78 Å². The van der Waals surface area contributed by atoms with Crippen LogP contribution in [0.2, 0.25) is 0 Å². The van der Waals surface area contributed by atoms with Gasteiger partial charge in [0.2, 0.25) is 0 Å². The van der Waals surface area contributed by atoms with Gasteiger partial charge in [0.25, 0.3) is 6.08 Å². The van der Waals surface area contributed by atoms with Crippen molar-refractivity contribution < 1.29 is 16.6 Å².